The predicted molar refractivity (Wildman–Crippen MR) is 98.3 cm³/mol. The van der Waals surface area contributed by atoms with Gasteiger partial charge < -0.3 is 19.0 Å². The molecule has 0 amide bonds. The first kappa shape index (κ1) is 24.0. The number of hydrogen-bond acceptors (Lipinski definition) is 8. The molecule has 12 heteroatoms. The molecule has 0 fully saturated rings. The first-order chi connectivity index (χ1) is 13.1. The van der Waals surface area contributed by atoms with Crippen molar-refractivity contribution in [2.45, 2.75) is 16.3 Å². The molecule has 0 unspecified atom stereocenters. The SMILES string of the molecule is NS(=O)(=O)c1cc(S(=O)(=O)[O-])c(Oc2ccccc2)cc1NCc1ccco1.[K+]. The number of nitrogens with two attached hydrogens (primary N) is 1. The van der Waals surface area contributed by atoms with E-state index in [2.05, 4.69) is 5.32 Å². The summed E-state index contributed by atoms with van der Waals surface area (Å²) in [6.45, 7) is 0.0871. The Morgan fingerprint density at radius 1 is 1.00 bits per heavy atom. The van der Waals surface area contributed by atoms with Gasteiger partial charge in [-0.15, -0.1) is 0 Å². The summed E-state index contributed by atoms with van der Waals surface area (Å²) < 4.78 is 69.6. The van der Waals surface area contributed by atoms with Crippen LogP contribution in [0.15, 0.2) is 75.1 Å². The maximum Gasteiger partial charge on any atom is 1.00 e. The Hall–Kier alpha value is -1.22. The normalized spacial score (nSPS) is 11.5. The van der Waals surface area contributed by atoms with Gasteiger partial charge in [0.25, 0.3) is 0 Å². The molecule has 0 aliphatic rings. The first-order valence-electron chi connectivity index (χ1n) is 7.80. The van der Waals surface area contributed by atoms with Gasteiger partial charge in [0.05, 0.1) is 23.4 Å². The van der Waals surface area contributed by atoms with Gasteiger partial charge in [0.1, 0.15) is 32.3 Å². The molecule has 29 heavy (non-hydrogen) atoms. The molecule has 0 aliphatic carbocycles. The maximum absolute atomic E-state index is 11.9. The van der Waals surface area contributed by atoms with Crippen molar-refractivity contribution in [1.82, 2.24) is 0 Å². The number of rotatable bonds is 7. The van der Waals surface area contributed by atoms with Crippen LogP contribution in [0.4, 0.5) is 5.69 Å². The minimum absolute atomic E-state index is 0. The summed E-state index contributed by atoms with van der Waals surface area (Å²) in [5.41, 5.74) is -0.0442. The minimum atomic E-state index is -5.05. The van der Waals surface area contributed by atoms with E-state index in [4.69, 9.17) is 14.3 Å². The Kier molecular flexibility index (Phi) is 8.06. The smallest absolute Gasteiger partial charge is 0.744 e. The van der Waals surface area contributed by atoms with Gasteiger partial charge in [-0.05, 0) is 30.3 Å². The molecule has 3 rings (SSSR count). The van der Waals surface area contributed by atoms with Gasteiger partial charge in [-0.25, -0.2) is 22.0 Å². The average Bonchev–Trinajstić information content (AvgIpc) is 3.12. The molecule has 9 nitrogen and oxygen atoms in total. The van der Waals surface area contributed by atoms with E-state index < -0.39 is 29.9 Å². The maximum atomic E-state index is 11.9. The van der Waals surface area contributed by atoms with Crippen molar-refractivity contribution in [2.24, 2.45) is 5.14 Å². The number of nitrogens with one attached hydrogen (secondary N) is 1. The first-order valence-corrected chi connectivity index (χ1v) is 10.8. The summed E-state index contributed by atoms with van der Waals surface area (Å²) in [4.78, 5) is -1.40. The second kappa shape index (κ2) is 9.72. The monoisotopic (exact) mass is 462 g/mol. The summed E-state index contributed by atoms with van der Waals surface area (Å²) in [6.07, 6.45) is 1.44. The molecule has 0 spiro atoms. The van der Waals surface area contributed by atoms with E-state index in [1.807, 2.05) is 0 Å². The van der Waals surface area contributed by atoms with Gasteiger partial charge in [0.2, 0.25) is 10.0 Å². The van der Waals surface area contributed by atoms with E-state index in [1.54, 1.807) is 42.5 Å². The summed E-state index contributed by atoms with van der Waals surface area (Å²) in [5, 5.41) is 7.99. The quantitative estimate of drug-likeness (QED) is 0.343. The van der Waals surface area contributed by atoms with Crippen LogP contribution in [0.25, 0.3) is 0 Å². The van der Waals surface area contributed by atoms with Crippen LogP contribution in [0.1, 0.15) is 5.76 Å². The van der Waals surface area contributed by atoms with Crippen LogP contribution in [-0.4, -0.2) is 21.4 Å². The molecule has 1 aromatic heterocycles. The number of furan rings is 1. The number of anilines is 1. The number of benzene rings is 2. The molecule has 0 saturated heterocycles. The van der Waals surface area contributed by atoms with Crippen LogP contribution in [0.5, 0.6) is 11.5 Å². The number of sulfonamides is 1. The Bertz CT molecular complexity index is 1180. The van der Waals surface area contributed by atoms with Crippen molar-refractivity contribution in [3.8, 4) is 11.5 Å². The predicted octanol–water partition coefficient (Wildman–Crippen LogP) is -0.760. The van der Waals surface area contributed by atoms with Crippen molar-refractivity contribution < 1.29 is 81.9 Å². The van der Waals surface area contributed by atoms with Gasteiger partial charge in [-0.2, -0.15) is 0 Å². The number of primary sulfonamides is 1. The van der Waals surface area contributed by atoms with Crippen LogP contribution >= 0.6 is 0 Å². The molecular formula is C17H15KN2O7S2. The third-order valence-electron chi connectivity index (χ3n) is 3.63. The van der Waals surface area contributed by atoms with Crippen LogP contribution < -0.4 is 66.6 Å². The standard InChI is InChI=1S/C17H16N2O7S2.K/c18-27(20,21)16-10-17(28(22,23)24)15(26-12-5-2-1-3-6-12)9-14(16)19-11-13-7-4-8-25-13;/h1-10,19H,11H2,(H2,18,20,21)(H,22,23,24);/q;+1/p-1. The van der Waals surface area contributed by atoms with E-state index in [0.29, 0.717) is 11.8 Å². The summed E-state index contributed by atoms with van der Waals surface area (Å²) in [6, 6.07) is 13.2. The molecule has 148 valence electrons. The molecule has 1 heterocycles. The third-order valence-corrected chi connectivity index (χ3v) is 5.43. The van der Waals surface area contributed by atoms with Gasteiger partial charge in [-0.1, -0.05) is 18.2 Å². The van der Waals surface area contributed by atoms with Crippen LogP contribution in [-0.2, 0) is 26.7 Å². The fraction of sp³-hybridized carbons (Fsp3) is 0.0588. The minimum Gasteiger partial charge on any atom is -0.744 e. The zero-order valence-corrected chi connectivity index (χ0v) is 20.0. The number of ether oxygens (including phenoxy) is 1. The molecule has 0 radical (unpaired) electrons. The van der Waals surface area contributed by atoms with E-state index in [0.717, 1.165) is 6.07 Å². The summed E-state index contributed by atoms with van der Waals surface area (Å²) >= 11 is 0. The van der Waals surface area contributed by atoms with E-state index in [1.165, 1.54) is 6.26 Å². The van der Waals surface area contributed by atoms with Crippen molar-refractivity contribution in [3.63, 3.8) is 0 Å². The van der Waals surface area contributed by atoms with Crippen LogP contribution in [0, 0.1) is 0 Å². The van der Waals surface area contributed by atoms with Crippen LogP contribution in [0.2, 0.25) is 0 Å². The Morgan fingerprint density at radius 2 is 1.69 bits per heavy atom. The molecule has 0 saturated carbocycles. The zero-order valence-electron chi connectivity index (χ0n) is 15.2. The van der Waals surface area contributed by atoms with Crippen molar-refractivity contribution in [2.75, 3.05) is 5.32 Å². The molecule has 0 bridgehead atoms. The molecule has 3 N–H and O–H groups in total. The van der Waals surface area contributed by atoms with Gasteiger partial charge in [-0.3, -0.25) is 0 Å². The molecule has 0 atom stereocenters. The summed E-state index contributed by atoms with van der Waals surface area (Å²) in [7, 11) is -9.40. The van der Waals surface area contributed by atoms with Gasteiger partial charge in [0, 0.05) is 6.07 Å². The number of hydrogen-bond donors (Lipinski definition) is 2. The topological polar surface area (TPSA) is 152 Å². The Labute approximate surface area is 210 Å². The largest absolute Gasteiger partial charge is 1.00 e. The summed E-state index contributed by atoms with van der Waals surface area (Å²) in [5.74, 6) is 0.412. The molecule has 3 aromatic rings. The van der Waals surface area contributed by atoms with Crippen molar-refractivity contribution in [3.05, 3.63) is 66.6 Å². The van der Waals surface area contributed by atoms with Gasteiger partial charge >= 0.3 is 51.4 Å². The second-order valence-electron chi connectivity index (χ2n) is 5.64. The van der Waals surface area contributed by atoms with Crippen molar-refractivity contribution in [1.29, 1.82) is 0 Å². The fourth-order valence-electron chi connectivity index (χ4n) is 2.40. The fourth-order valence-corrected chi connectivity index (χ4v) is 3.80. The van der Waals surface area contributed by atoms with E-state index >= 15 is 0 Å². The second-order valence-corrected chi connectivity index (χ2v) is 8.52. The molecule has 0 aliphatic heterocycles. The third kappa shape index (κ3) is 6.38. The molecular weight excluding hydrogens is 447 g/mol. The average molecular weight is 463 g/mol. The zero-order chi connectivity index (χ0) is 20.4. The van der Waals surface area contributed by atoms with E-state index in [-0.39, 0.29) is 75.1 Å². The van der Waals surface area contributed by atoms with Crippen molar-refractivity contribution >= 4 is 25.8 Å². The van der Waals surface area contributed by atoms with E-state index in [9.17, 15) is 21.4 Å². The van der Waals surface area contributed by atoms with Gasteiger partial charge in [0.15, 0.2) is 0 Å². The van der Waals surface area contributed by atoms with Crippen LogP contribution in [0.3, 0.4) is 0 Å². The Balaban J connectivity index is 0.00000300. The number of para-hydroxylation sites is 1. The Morgan fingerprint density at radius 3 is 2.24 bits per heavy atom. The molecule has 2 aromatic carbocycles.